The largest absolute Gasteiger partial charge is 0.512 e. The average Bonchev–Trinajstić information content (AvgIpc) is 1.62. The van der Waals surface area contributed by atoms with Crippen LogP contribution in [0.15, 0.2) is 205 Å². The quantitative estimate of drug-likeness (QED) is 0.0729. The standard InChI is InChI=1S/C25H24NS.C22H18NS.C21H16NS.3C5H8O2.3Ir/c1-16-13-19(25(3,4)5)14-17(2)24(16)23-15-21-22(27-23)12-11-20(26-21)18-9-7-6-8-10-18;1-14-11-15(2)22(16(3)12-14)21-13-19-20(24-21)10-9-18(23-19)17-7-5-4-6-8-17;1-14-10-15(2)12-17(11-14)21-13-19-20(23-21)9-8-18(22-19)16-6-4-3-5-7-16;3*1-4(6)3-5(2)7;;;/h6-9,11-15H,1-5H3;4-7,9-13H,1-3H3;3-6,8-13H,1-2H3;3*3,6H,1-2H3;;;/q3*-1;;;;;;. The second-order valence-corrected chi connectivity index (χ2v) is 27.7. The van der Waals surface area contributed by atoms with Crippen LogP contribution in [0.1, 0.15) is 107 Å². The Morgan fingerprint density at radius 1 is 0.388 bits per heavy atom. The first-order chi connectivity index (χ1) is 45.0. The summed E-state index contributed by atoms with van der Waals surface area (Å²) in [6.07, 6.45) is 3.50. The van der Waals surface area contributed by atoms with Gasteiger partial charge in [-0.2, -0.15) is 0 Å². The molecule has 6 aromatic heterocycles. The Kier molecular flexibility index (Phi) is 32.5. The number of benzene rings is 6. The summed E-state index contributed by atoms with van der Waals surface area (Å²) in [4.78, 5) is 48.5. The van der Waals surface area contributed by atoms with Gasteiger partial charge < -0.3 is 15.3 Å². The van der Waals surface area contributed by atoms with Crippen molar-refractivity contribution < 1.29 is 90.0 Å². The van der Waals surface area contributed by atoms with Crippen molar-refractivity contribution in [3.63, 3.8) is 0 Å². The zero-order valence-corrected chi connectivity index (χ0v) is 67.7. The number of nitrogens with zero attached hydrogens (tertiary/aromatic N) is 3. The molecule has 513 valence electrons. The number of rotatable bonds is 9. The molecule has 6 aromatic carbocycles. The van der Waals surface area contributed by atoms with Crippen LogP contribution >= 0.6 is 34.0 Å². The van der Waals surface area contributed by atoms with Gasteiger partial charge in [-0.1, -0.05) is 98.1 Å². The molecule has 0 atom stereocenters. The molecule has 12 aromatic rings. The fourth-order valence-corrected chi connectivity index (χ4v) is 14.0. The van der Waals surface area contributed by atoms with Crippen molar-refractivity contribution in [2.24, 2.45) is 0 Å². The number of aliphatic hydroxyl groups is 3. The number of fused-ring (bicyclic) bond motifs is 3. The predicted octanol–water partition coefficient (Wildman–Crippen LogP) is 22.9. The summed E-state index contributed by atoms with van der Waals surface area (Å²) < 4.78 is 3.67. The molecule has 0 fully saturated rings. The Hall–Kier alpha value is -7.77. The van der Waals surface area contributed by atoms with E-state index in [1.165, 1.54) is 150 Å². The maximum Gasteiger partial charge on any atom is 0.155 e. The summed E-state index contributed by atoms with van der Waals surface area (Å²) in [6.45, 7) is 30.6. The summed E-state index contributed by atoms with van der Waals surface area (Å²) in [5.74, 6) is -0.187. The number of carbonyl (C=O) groups is 3. The third-order valence-electron chi connectivity index (χ3n) is 14.4. The summed E-state index contributed by atoms with van der Waals surface area (Å²) in [7, 11) is 0. The van der Waals surface area contributed by atoms with E-state index in [-0.39, 0.29) is 100 Å². The first kappa shape index (κ1) is 82.7. The second-order valence-electron chi connectivity index (χ2n) is 24.5. The van der Waals surface area contributed by atoms with Crippen molar-refractivity contribution in [3.05, 3.63) is 268 Å². The maximum absolute atomic E-state index is 10.0. The Bertz CT molecular complexity index is 4630. The first-order valence-corrected chi connectivity index (χ1v) is 33.5. The zero-order valence-electron chi connectivity index (χ0n) is 58.0. The van der Waals surface area contributed by atoms with Crippen molar-refractivity contribution in [1.82, 2.24) is 15.0 Å². The van der Waals surface area contributed by atoms with Crippen LogP contribution in [0.3, 0.4) is 0 Å². The number of carbonyl (C=O) groups excluding carboxylic acids is 3. The third-order valence-corrected chi connectivity index (χ3v) is 17.7. The molecule has 0 aliphatic carbocycles. The average molecular weight is 1890 g/mol. The van der Waals surface area contributed by atoms with Gasteiger partial charge in [0.15, 0.2) is 17.3 Å². The summed E-state index contributed by atoms with van der Waals surface area (Å²) >= 11 is 5.44. The van der Waals surface area contributed by atoms with Crippen LogP contribution < -0.4 is 0 Å². The first-order valence-electron chi connectivity index (χ1n) is 31.1. The summed E-state index contributed by atoms with van der Waals surface area (Å²) in [5, 5.41) is 25.1. The number of aryl methyl sites for hydroxylation is 7. The minimum Gasteiger partial charge on any atom is -0.512 e. The molecule has 3 N–H and O–H groups in total. The molecule has 98 heavy (non-hydrogen) atoms. The van der Waals surface area contributed by atoms with Gasteiger partial charge in [0, 0.05) is 93.2 Å². The van der Waals surface area contributed by atoms with Crippen LogP contribution in [0, 0.1) is 66.7 Å². The monoisotopic (exact) mass is 1890 g/mol. The van der Waals surface area contributed by atoms with Gasteiger partial charge in [-0.3, -0.25) is 29.3 Å². The number of hydrogen-bond donors (Lipinski definition) is 3. The molecule has 0 amide bonds. The van der Waals surface area contributed by atoms with Crippen LogP contribution in [0.25, 0.3) is 95.7 Å². The zero-order chi connectivity index (χ0) is 69.3. The van der Waals surface area contributed by atoms with Gasteiger partial charge in [0.25, 0.3) is 0 Å². The molecule has 12 rings (SSSR count). The van der Waals surface area contributed by atoms with Crippen LogP contribution in [-0.4, -0.2) is 47.6 Å². The van der Waals surface area contributed by atoms with E-state index in [1.54, 1.807) is 11.3 Å². The molecule has 6 heterocycles. The number of thiophene rings is 3. The van der Waals surface area contributed by atoms with Gasteiger partial charge in [0.1, 0.15) is 0 Å². The van der Waals surface area contributed by atoms with E-state index >= 15 is 0 Å². The van der Waals surface area contributed by atoms with Crippen LogP contribution in [0.4, 0.5) is 0 Å². The number of hydrogen-bond acceptors (Lipinski definition) is 12. The molecule has 0 bridgehead atoms. The Balaban J connectivity index is 0.000000269. The van der Waals surface area contributed by atoms with E-state index in [1.807, 2.05) is 83.3 Å². The Labute approximate surface area is 630 Å². The molecule has 9 nitrogen and oxygen atoms in total. The second kappa shape index (κ2) is 38.6. The molecular formula is C83H82Ir3N3O6S3-3. The van der Waals surface area contributed by atoms with Gasteiger partial charge in [0.05, 0.1) is 47.9 Å². The Morgan fingerprint density at radius 2 is 0.684 bits per heavy atom. The van der Waals surface area contributed by atoms with Gasteiger partial charge in [-0.15, -0.1) is 142 Å². The molecule has 0 unspecified atom stereocenters. The van der Waals surface area contributed by atoms with Crippen molar-refractivity contribution >= 4 is 82.0 Å². The summed E-state index contributed by atoms with van der Waals surface area (Å²) in [6, 6.07) is 69.0. The SMILES string of the molecule is CC(=O)C=C(C)O.CC(=O)C=C(C)O.CC(=O)C=C(C)O.Cc1cc(C(C)(C)C)cc(C)c1-c1cc2nc(-c3[c-]cccc3)ccc2s1.Cc1cc(C)c(-c2cc3nc(-c4[c-]cccc4)ccc3s2)c(C)c1.Cc1cc(C)cc(-c2cc3nc(-c4[c-]cccc4)ccc3s2)c1.[Ir].[Ir].[Ir]. The van der Waals surface area contributed by atoms with Gasteiger partial charge >= 0.3 is 0 Å². The molecule has 15 heteroatoms. The topological polar surface area (TPSA) is 151 Å². The number of pyridine rings is 3. The molecule has 3 radical (unpaired) electrons. The smallest absolute Gasteiger partial charge is 0.155 e. The molecule has 0 aliphatic rings. The molecule has 0 spiro atoms. The Morgan fingerprint density at radius 3 is 0.959 bits per heavy atom. The van der Waals surface area contributed by atoms with Crippen molar-refractivity contribution in [1.29, 1.82) is 0 Å². The van der Waals surface area contributed by atoms with Crippen molar-refractivity contribution in [2.45, 2.75) is 116 Å². The van der Waals surface area contributed by atoms with E-state index < -0.39 is 0 Å². The van der Waals surface area contributed by atoms with E-state index in [2.05, 4.69) is 197 Å². The minimum absolute atomic E-state index is 0. The molecule has 0 aliphatic heterocycles. The number of aromatic nitrogens is 3. The molecular weight excluding hydrogens is 1810 g/mol. The van der Waals surface area contributed by atoms with Gasteiger partial charge in [0.2, 0.25) is 0 Å². The fraction of sp³-hybridized carbons (Fsp3) is 0.205. The van der Waals surface area contributed by atoms with Gasteiger partial charge in [-0.25, -0.2) is 0 Å². The normalized spacial score (nSPS) is 11.0. The predicted molar refractivity (Wildman–Crippen MR) is 401 cm³/mol. The number of ketones is 3. The van der Waals surface area contributed by atoms with E-state index in [0.717, 1.165) is 50.3 Å². The van der Waals surface area contributed by atoms with Crippen LogP contribution in [0.2, 0.25) is 0 Å². The van der Waals surface area contributed by atoms with Crippen molar-refractivity contribution in [2.75, 3.05) is 0 Å². The summed E-state index contributed by atoms with van der Waals surface area (Å²) in [5.41, 5.74) is 24.0. The molecule has 0 saturated carbocycles. The molecule has 0 saturated heterocycles. The number of aliphatic hydroxyl groups excluding tert-OH is 3. The van der Waals surface area contributed by atoms with E-state index in [9.17, 15) is 14.4 Å². The van der Waals surface area contributed by atoms with Crippen LogP contribution in [-0.2, 0) is 80.1 Å². The van der Waals surface area contributed by atoms with Crippen molar-refractivity contribution in [3.8, 4) is 65.1 Å². The van der Waals surface area contributed by atoms with E-state index in [4.69, 9.17) is 30.3 Å². The number of allylic oxidation sites excluding steroid dienone is 6. The van der Waals surface area contributed by atoms with Crippen LogP contribution in [0.5, 0.6) is 0 Å². The maximum atomic E-state index is 10.0. The van der Waals surface area contributed by atoms with Gasteiger partial charge in [-0.05, 0) is 193 Å². The minimum atomic E-state index is -0.125. The third kappa shape index (κ3) is 24.6. The fourth-order valence-electron chi connectivity index (χ4n) is 10.6. The van der Waals surface area contributed by atoms with E-state index in [0.29, 0.717) is 0 Å².